The summed E-state index contributed by atoms with van der Waals surface area (Å²) in [6.45, 7) is 16.2. The van der Waals surface area contributed by atoms with Gasteiger partial charge in [0.05, 0.1) is 0 Å². The molecule has 0 N–H and O–H groups in total. The highest BCUT2D eigenvalue weighted by atomic mass is 35.6. The van der Waals surface area contributed by atoms with Crippen LogP contribution in [0.25, 0.3) is 0 Å². The second-order valence-electron chi connectivity index (χ2n) is 6.23. The first-order chi connectivity index (χ1) is 7.09. The van der Waals surface area contributed by atoms with Gasteiger partial charge < -0.3 is 8.46 Å². The van der Waals surface area contributed by atoms with E-state index in [4.69, 9.17) is 11.1 Å². The molecule has 1 heterocycles. The van der Waals surface area contributed by atoms with Crippen LogP contribution in [-0.2, 0) is 0 Å². The average Bonchev–Trinajstić information content (AvgIpc) is 2.15. The summed E-state index contributed by atoms with van der Waals surface area (Å²) >= 11 is 6.89. The van der Waals surface area contributed by atoms with E-state index in [2.05, 4.69) is 56.6 Å². The molecule has 0 saturated carbocycles. The molecule has 1 saturated heterocycles. The van der Waals surface area contributed by atoms with Gasteiger partial charge in [-0.25, -0.2) is 0 Å². The van der Waals surface area contributed by atoms with E-state index in [-0.39, 0.29) is 9.84 Å². The lowest BCUT2D eigenvalue weighted by Gasteiger charge is -2.64. The fourth-order valence-electron chi connectivity index (χ4n) is 2.34. The zero-order chi connectivity index (χ0) is 12.8. The van der Waals surface area contributed by atoms with Crippen LogP contribution in [0.15, 0.2) is 0 Å². The monoisotopic (exact) mass is 278 g/mol. The summed E-state index contributed by atoms with van der Waals surface area (Å²) in [6, 6.07) is 0. The molecule has 16 heavy (non-hydrogen) atoms. The van der Waals surface area contributed by atoms with Gasteiger partial charge in [-0.15, -0.1) is 11.1 Å². The lowest BCUT2D eigenvalue weighted by atomic mass is 10.0. The maximum atomic E-state index is 6.89. The van der Waals surface area contributed by atoms with Gasteiger partial charge in [0.2, 0.25) is 0 Å². The maximum Gasteiger partial charge on any atom is 0.293 e. The largest absolute Gasteiger partial charge is 0.310 e. The number of nitrogens with zero attached hydrogens (tertiary/aromatic N) is 2. The van der Waals surface area contributed by atoms with Crippen LogP contribution in [0.1, 0.15) is 54.4 Å². The number of rotatable bonds is 4. The van der Waals surface area contributed by atoms with Crippen molar-refractivity contribution in [2.24, 2.45) is 0 Å². The molecule has 1 aliphatic rings. The van der Waals surface area contributed by atoms with Crippen molar-refractivity contribution >= 4 is 28.6 Å². The van der Waals surface area contributed by atoms with Crippen LogP contribution < -0.4 is 0 Å². The minimum atomic E-state index is -1.82. The van der Waals surface area contributed by atoms with Gasteiger partial charge in [0.1, 0.15) is 0 Å². The quantitative estimate of drug-likeness (QED) is 0.576. The molecule has 0 unspecified atom stereocenters. The van der Waals surface area contributed by atoms with Crippen LogP contribution in [0.2, 0.25) is 6.55 Å². The topological polar surface area (TPSA) is 6.48 Å². The van der Waals surface area contributed by atoms with Crippen molar-refractivity contribution in [2.75, 3.05) is 0 Å². The van der Waals surface area contributed by atoms with Crippen molar-refractivity contribution in [1.82, 2.24) is 8.46 Å². The van der Waals surface area contributed by atoms with Crippen molar-refractivity contribution in [3.63, 3.8) is 0 Å². The summed E-state index contributed by atoms with van der Waals surface area (Å²) in [5.41, 5.74) is 0.602. The Morgan fingerprint density at radius 1 is 1.00 bits per heavy atom. The second kappa shape index (κ2) is 4.39. The van der Waals surface area contributed by atoms with Gasteiger partial charge >= 0.3 is 0 Å². The molecular formula is C11H27ClN2Si2. The molecule has 0 spiro atoms. The average molecular weight is 279 g/mol. The third kappa shape index (κ3) is 2.27. The number of hydrogen-bond donors (Lipinski definition) is 0. The molecular weight excluding hydrogens is 252 g/mol. The highest BCUT2D eigenvalue weighted by molar-refractivity contribution is 7.23. The van der Waals surface area contributed by atoms with E-state index < -0.39 is 7.71 Å². The highest BCUT2D eigenvalue weighted by Gasteiger charge is 2.58. The Bertz CT molecular complexity index is 243. The van der Waals surface area contributed by atoms with Crippen molar-refractivity contribution in [3.8, 4) is 0 Å². The summed E-state index contributed by atoms with van der Waals surface area (Å²) in [4.78, 5) is 0. The Hall–Kier alpha value is 0.644. The Morgan fingerprint density at radius 3 is 1.50 bits per heavy atom. The Balaban J connectivity index is 2.82. The summed E-state index contributed by atoms with van der Waals surface area (Å²) < 4.78 is 5.33. The lowest BCUT2D eigenvalue weighted by Crippen LogP contribution is -2.84. The van der Waals surface area contributed by atoms with Gasteiger partial charge in [0, 0.05) is 11.1 Å². The van der Waals surface area contributed by atoms with E-state index >= 15 is 0 Å². The van der Waals surface area contributed by atoms with Crippen molar-refractivity contribution in [3.05, 3.63) is 0 Å². The summed E-state index contributed by atoms with van der Waals surface area (Å²) in [5.74, 6) is 0. The van der Waals surface area contributed by atoms with E-state index in [0.29, 0.717) is 11.1 Å². The van der Waals surface area contributed by atoms with Crippen LogP contribution in [0, 0.1) is 0 Å². The van der Waals surface area contributed by atoms with Gasteiger partial charge in [-0.2, -0.15) is 0 Å². The first-order valence-corrected chi connectivity index (χ1v) is 11.0. The van der Waals surface area contributed by atoms with Crippen LogP contribution in [0.3, 0.4) is 0 Å². The summed E-state index contributed by atoms with van der Waals surface area (Å²) in [7, 11) is -2.13. The molecule has 1 aliphatic heterocycles. The first-order valence-electron chi connectivity index (χ1n) is 6.34. The van der Waals surface area contributed by atoms with Crippen molar-refractivity contribution < 1.29 is 0 Å². The van der Waals surface area contributed by atoms with Crippen molar-refractivity contribution in [2.45, 2.75) is 72.0 Å². The van der Waals surface area contributed by atoms with Crippen LogP contribution in [0.5, 0.6) is 0 Å². The highest BCUT2D eigenvalue weighted by Crippen LogP contribution is 2.41. The molecule has 2 nitrogen and oxygen atoms in total. The fraction of sp³-hybridized carbons (Fsp3) is 1.00. The van der Waals surface area contributed by atoms with Gasteiger partial charge in [-0.1, -0.05) is 13.8 Å². The van der Waals surface area contributed by atoms with E-state index in [0.717, 1.165) is 0 Å². The Morgan fingerprint density at radius 2 is 1.31 bits per heavy atom. The predicted molar refractivity (Wildman–Crippen MR) is 78.4 cm³/mol. The first kappa shape index (κ1) is 14.7. The van der Waals surface area contributed by atoms with Crippen LogP contribution >= 0.6 is 11.1 Å². The predicted octanol–water partition coefficient (Wildman–Crippen LogP) is 2.79. The molecule has 0 aliphatic carbocycles. The molecule has 0 atom stereocenters. The third-order valence-electron chi connectivity index (χ3n) is 4.46. The molecule has 0 bridgehead atoms. The van der Waals surface area contributed by atoms with Crippen LogP contribution in [-0.4, -0.2) is 37.1 Å². The lowest BCUT2D eigenvalue weighted by molar-refractivity contribution is 0.198. The molecule has 0 aromatic heterocycles. The molecule has 1 fully saturated rings. The minimum absolute atomic E-state index is 0.301. The molecule has 0 aromatic rings. The van der Waals surface area contributed by atoms with Gasteiger partial charge in [0.25, 0.3) is 7.71 Å². The zero-order valence-corrected chi connectivity index (χ0v) is 15.1. The van der Waals surface area contributed by atoms with E-state index in [1.54, 1.807) is 0 Å². The second-order valence-corrected chi connectivity index (χ2v) is 14.1. The smallest absolute Gasteiger partial charge is 0.293 e. The normalized spacial score (nSPS) is 30.8. The van der Waals surface area contributed by atoms with Gasteiger partial charge in [-0.3, -0.25) is 0 Å². The third-order valence-corrected chi connectivity index (χ3v) is 16.9. The van der Waals surface area contributed by atoms with Crippen LogP contribution in [0.4, 0.5) is 0 Å². The molecule has 0 amide bonds. The Kier molecular flexibility index (Phi) is 4.03. The minimum Gasteiger partial charge on any atom is -0.310 e. The van der Waals surface area contributed by atoms with Gasteiger partial charge in [-0.05, 0) is 47.1 Å². The van der Waals surface area contributed by atoms with E-state index in [1.165, 1.54) is 12.8 Å². The SMILES string of the molecule is CCC(C)(C)N1[SiH2]N(C(C)(C)CC)[Si]1(C)Cl. The summed E-state index contributed by atoms with van der Waals surface area (Å²) in [6.07, 6.45) is 2.38. The number of hydrogen-bond acceptors (Lipinski definition) is 2. The molecule has 0 aromatic carbocycles. The molecule has 96 valence electrons. The molecule has 1 rings (SSSR count). The van der Waals surface area contributed by atoms with E-state index in [1.807, 2.05) is 0 Å². The zero-order valence-electron chi connectivity index (χ0n) is 11.9. The standard InChI is InChI=1S/C11H27ClN2Si2/c1-8-10(3,4)13-15-14(16(13,7)12)11(5,6)9-2/h8-9,15H2,1-7H3. The summed E-state index contributed by atoms with van der Waals surface area (Å²) in [5, 5.41) is 0. The molecule has 0 radical (unpaired) electrons. The maximum absolute atomic E-state index is 6.89. The van der Waals surface area contributed by atoms with Crippen molar-refractivity contribution in [1.29, 1.82) is 0 Å². The van der Waals surface area contributed by atoms with Gasteiger partial charge in [0.15, 0.2) is 9.84 Å². The molecule has 5 heteroatoms. The van der Waals surface area contributed by atoms with E-state index in [9.17, 15) is 0 Å². The number of halogens is 1. The Labute approximate surface area is 109 Å². The fourth-order valence-corrected chi connectivity index (χ4v) is 11.8.